The quantitative estimate of drug-likeness (QED) is 0.806. The molecule has 0 bridgehead atoms. The van der Waals surface area contributed by atoms with Gasteiger partial charge in [-0.1, -0.05) is 0 Å². The summed E-state index contributed by atoms with van der Waals surface area (Å²) >= 11 is 0. The third-order valence-corrected chi connectivity index (χ3v) is 5.75. The summed E-state index contributed by atoms with van der Waals surface area (Å²) in [5.74, 6) is 0. The smallest absolute Gasteiger partial charge is 0.230 e. The van der Waals surface area contributed by atoms with Gasteiger partial charge in [-0.25, -0.2) is 12.7 Å². The third-order valence-electron chi connectivity index (χ3n) is 3.65. The van der Waals surface area contributed by atoms with Crippen molar-refractivity contribution in [3.63, 3.8) is 0 Å². The van der Waals surface area contributed by atoms with Gasteiger partial charge in [0.1, 0.15) is 0 Å². The fraction of sp³-hybridized carbons (Fsp3) is 0.909. The van der Waals surface area contributed by atoms with Crippen LogP contribution in [0.5, 0.6) is 0 Å². The van der Waals surface area contributed by atoms with Gasteiger partial charge in [0.15, 0.2) is 5.25 Å². The highest BCUT2D eigenvalue weighted by Crippen LogP contribution is 2.25. The summed E-state index contributed by atoms with van der Waals surface area (Å²) in [5, 5.41) is 11.0. The molecule has 0 saturated heterocycles. The van der Waals surface area contributed by atoms with Crippen LogP contribution in [0.1, 0.15) is 32.6 Å². The Labute approximate surface area is 104 Å². The van der Waals surface area contributed by atoms with Crippen LogP contribution in [0, 0.1) is 11.3 Å². The third kappa shape index (κ3) is 3.18. The Bertz CT molecular complexity index is 380. The van der Waals surface area contributed by atoms with Crippen LogP contribution >= 0.6 is 0 Å². The Hall–Kier alpha value is -0.640. The van der Waals surface area contributed by atoms with Crippen LogP contribution < -0.4 is 5.32 Å². The predicted molar refractivity (Wildman–Crippen MR) is 66.9 cm³/mol. The summed E-state index contributed by atoms with van der Waals surface area (Å²) in [5.41, 5.74) is 0. The number of hydrogen-bond donors (Lipinski definition) is 1. The molecule has 0 aromatic carbocycles. The summed E-state index contributed by atoms with van der Waals surface area (Å²) in [7, 11) is 0.0635. The lowest BCUT2D eigenvalue weighted by Gasteiger charge is -2.34. The first-order chi connectivity index (χ1) is 7.93. The number of rotatable bonds is 4. The Kier molecular flexibility index (Phi) is 4.92. The second-order valence-corrected chi connectivity index (χ2v) is 6.94. The lowest BCUT2D eigenvalue weighted by atomic mass is 9.91. The zero-order valence-electron chi connectivity index (χ0n) is 10.7. The van der Waals surface area contributed by atoms with E-state index in [2.05, 4.69) is 5.32 Å². The second kappa shape index (κ2) is 5.80. The van der Waals surface area contributed by atoms with E-state index in [1.54, 1.807) is 13.1 Å². The highest BCUT2D eigenvalue weighted by Gasteiger charge is 2.33. The van der Waals surface area contributed by atoms with E-state index in [1.807, 2.05) is 7.05 Å². The summed E-state index contributed by atoms with van der Waals surface area (Å²) in [6.07, 6.45) is 3.70. The zero-order valence-corrected chi connectivity index (χ0v) is 11.5. The van der Waals surface area contributed by atoms with E-state index in [0.29, 0.717) is 6.04 Å². The summed E-state index contributed by atoms with van der Waals surface area (Å²) in [6, 6.07) is 2.34. The lowest BCUT2D eigenvalue weighted by molar-refractivity contribution is 0.254. The summed E-state index contributed by atoms with van der Waals surface area (Å²) < 4.78 is 25.4. The van der Waals surface area contributed by atoms with E-state index in [4.69, 9.17) is 5.26 Å². The van der Waals surface area contributed by atoms with Crippen molar-refractivity contribution < 1.29 is 8.42 Å². The topological polar surface area (TPSA) is 73.2 Å². The van der Waals surface area contributed by atoms with Crippen LogP contribution in [0.4, 0.5) is 0 Å². The fourth-order valence-electron chi connectivity index (χ4n) is 2.25. The van der Waals surface area contributed by atoms with Crippen LogP contribution in [0.15, 0.2) is 0 Å². The number of sulfonamides is 1. The molecule has 17 heavy (non-hydrogen) atoms. The maximum Gasteiger partial charge on any atom is 0.230 e. The largest absolute Gasteiger partial charge is 0.317 e. The van der Waals surface area contributed by atoms with Crippen LogP contribution in [0.25, 0.3) is 0 Å². The fourth-order valence-corrected chi connectivity index (χ4v) is 3.51. The first kappa shape index (κ1) is 14.4. The SMILES string of the molecule is CNC1CCC(N(C)S(=O)(=O)C(C)C#N)CC1. The summed E-state index contributed by atoms with van der Waals surface area (Å²) in [4.78, 5) is 0. The highest BCUT2D eigenvalue weighted by molar-refractivity contribution is 7.89. The van der Waals surface area contributed by atoms with Gasteiger partial charge in [0.2, 0.25) is 10.0 Å². The monoisotopic (exact) mass is 259 g/mol. The molecule has 0 amide bonds. The molecule has 1 fully saturated rings. The number of nitrogens with one attached hydrogen (secondary N) is 1. The van der Waals surface area contributed by atoms with E-state index in [9.17, 15) is 8.42 Å². The van der Waals surface area contributed by atoms with Crippen molar-refractivity contribution in [2.24, 2.45) is 0 Å². The Morgan fingerprint density at radius 2 is 1.88 bits per heavy atom. The van der Waals surface area contributed by atoms with Crippen molar-refractivity contribution in [1.82, 2.24) is 9.62 Å². The van der Waals surface area contributed by atoms with Gasteiger partial charge in [-0.2, -0.15) is 5.26 Å². The molecule has 5 nitrogen and oxygen atoms in total. The van der Waals surface area contributed by atoms with Crippen LogP contribution in [0.2, 0.25) is 0 Å². The molecule has 98 valence electrons. The Balaban J connectivity index is 2.67. The van der Waals surface area contributed by atoms with Gasteiger partial charge in [0, 0.05) is 19.1 Å². The molecule has 1 atom stereocenters. The standard InChI is InChI=1S/C11H21N3O2S/c1-9(8-12)17(15,16)14(3)11-6-4-10(13-2)5-7-11/h9-11,13H,4-7H2,1-3H3. The number of nitrogens with zero attached hydrogens (tertiary/aromatic N) is 2. The predicted octanol–water partition coefficient (Wildman–Crippen LogP) is 0.691. The highest BCUT2D eigenvalue weighted by atomic mass is 32.2. The molecule has 0 aromatic heterocycles. The van der Waals surface area contributed by atoms with Crippen LogP contribution in [0.3, 0.4) is 0 Å². The first-order valence-electron chi connectivity index (χ1n) is 5.97. The van der Waals surface area contributed by atoms with Crippen molar-refractivity contribution in [3.8, 4) is 6.07 Å². The minimum absolute atomic E-state index is 0.0420. The molecule has 1 N–H and O–H groups in total. The van der Waals surface area contributed by atoms with E-state index in [-0.39, 0.29) is 6.04 Å². The lowest BCUT2D eigenvalue weighted by Crippen LogP contribution is -2.45. The summed E-state index contributed by atoms with van der Waals surface area (Å²) in [6.45, 7) is 1.44. The molecular formula is C11H21N3O2S. The van der Waals surface area contributed by atoms with Crippen LogP contribution in [-0.2, 0) is 10.0 Å². The molecular weight excluding hydrogens is 238 g/mol. The van der Waals surface area contributed by atoms with Gasteiger partial charge in [-0.15, -0.1) is 0 Å². The molecule has 1 aliphatic rings. The molecule has 0 aliphatic heterocycles. The van der Waals surface area contributed by atoms with Crippen molar-refractivity contribution in [1.29, 1.82) is 5.26 Å². The van der Waals surface area contributed by atoms with E-state index >= 15 is 0 Å². The van der Waals surface area contributed by atoms with Crippen molar-refractivity contribution in [2.45, 2.75) is 49.9 Å². The maximum absolute atomic E-state index is 12.0. The van der Waals surface area contributed by atoms with Gasteiger partial charge in [0.05, 0.1) is 6.07 Å². The zero-order chi connectivity index (χ0) is 13.1. The average molecular weight is 259 g/mol. The molecule has 1 unspecified atom stereocenters. The number of nitriles is 1. The Morgan fingerprint density at radius 3 is 2.29 bits per heavy atom. The van der Waals surface area contributed by atoms with E-state index < -0.39 is 15.3 Å². The average Bonchev–Trinajstić information content (AvgIpc) is 2.36. The maximum atomic E-state index is 12.0. The molecule has 1 rings (SSSR count). The molecule has 0 spiro atoms. The second-order valence-electron chi connectivity index (χ2n) is 4.63. The normalized spacial score (nSPS) is 27.7. The van der Waals surface area contributed by atoms with Crippen LogP contribution in [-0.4, -0.2) is 44.2 Å². The molecule has 1 saturated carbocycles. The minimum Gasteiger partial charge on any atom is -0.317 e. The van der Waals surface area contributed by atoms with Crippen molar-refractivity contribution in [2.75, 3.05) is 14.1 Å². The van der Waals surface area contributed by atoms with Gasteiger partial charge >= 0.3 is 0 Å². The molecule has 0 aromatic rings. The van der Waals surface area contributed by atoms with E-state index in [1.165, 1.54) is 11.2 Å². The Morgan fingerprint density at radius 1 is 1.35 bits per heavy atom. The molecule has 6 heteroatoms. The van der Waals surface area contributed by atoms with Gasteiger partial charge in [0.25, 0.3) is 0 Å². The van der Waals surface area contributed by atoms with Crippen molar-refractivity contribution >= 4 is 10.0 Å². The van der Waals surface area contributed by atoms with Gasteiger partial charge in [-0.05, 0) is 39.7 Å². The van der Waals surface area contributed by atoms with Gasteiger partial charge in [-0.3, -0.25) is 0 Å². The first-order valence-corrected chi connectivity index (χ1v) is 7.47. The number of hydrogen-bond acceptors (Lipinski definition) is 4. The van der Waals surface area contributed by atoms with Crippen molar-refractivity contribution in [3.05, 3.63) is 0 Å². The molecule has 0 radical (unpaired) electrons. The molecule has 1 aliphatic carbocycles. The minimum atomic E-state index is -3.46. The van der Waals surface area contributed by atoms with Gasteiger partial charge < -0.3 is 5.32 Å². The van der Waals surface area contributed by atoms with E-state index in [0.717, 1.165) is 25.7 Å². The molecule has 0 heterocycles.